The van der Waals surface area contributed by atoms with E-state index in [-0.39, 0.29) is 0 Å². The highest BCUT2D eigenvalue weighted by molar-refractivity contribution is 9.10. The van der Waals surface area contributed by atoms with Gasteiger partial charge in [-0.05, 0) is 23.8 Å². The van der Waals surface area contributed by atoms with E-state index in [4.69, 9.17) is 22.2 Å². The van der Waals surface area contributed by atoms with Gasteiger partial charge in [0.05, 0.1) is 23.9 Å². The van der Waals surface area contributed by atoms with Crippen LogP contribution in [0.1, 0.15) is 11.3 Å². The molecule has 0 aliphatic heterocycles. The van der Waals surface area contributed by atoms with Crippen molar-refractivity contribution in [2.45, 2.75) is 13.2 Å². The van der Waals surface area contributed by atoms with E-state index in [2.05, 4.69) is 26.3 Å². The molecular formula is C13H13BrClN3O. The molecule has 6 heteroatoms. The van der Waals surface area contributed by atoms with Gasteiger partial charge in [0, 0.05) is 4.47 Å². The first-order valence-electron chi connectivity index (χ1n) is 5.64. The second-order valence-electron chi connectivity index (χ2n) is 3.85. The van der Waals surface area contributed by atoms with Crippen molar-refractivity contribution in [3.05, 3.63) is 57.2 Å². The van der Waals surface area contributed by atoms with Crippen LogP contribution in [0.5, 0.6) is 0 Å². The molecule has 0 spiro atoms. The molecule has 0 saturated heterocycles. The van der Waals surface area contributed by atoms with Crippen LogP contribution >= 0.6 is 27.5 Å². The number of pyridine rings is 1. The second kappa shape index (κ2) is 6.86. The summed E-state index contributed by atoms with van der Waals surface area (Å²) in [6, 6.07) is 11.3. The summed E-state index contributed by atoms with van der Waals surface area (Å²) >= 11 is 9.52. The maximum absolute atomic E-state index is 6.05. The van der Waals surface area contributed by atoms with Crippen LogP contribution in [0.2, 0.25) is 5.02 Å². The van der Waals surface area contributed by atoms with Gasteiger partial charge in [-0.25, -0.2) is 10.8 Å². The van der Waals surface area contributed by atoms with Crippen LogP contribution in [0.25, 0.3) is 0 Å². The van der Waals surface area contributed by atoms with Gasteiger partial charge in [-0.2, -0.15) is 0 Å². The fourth-order valence-electron chi connectivity index (χ4n) is 1.54. The molecule has 0 amide bonds. The quantitative estimate of drug-likeness (QED) is 0.645. The lowest BCUT2D eigenvalue weighted by molar-refractivity contribution is 0.104. The Morgan fingerprint density at radius 3 is 2.74 bits per heavy atom. The van der Waals surface area contributed by atoms with Crippen LogP contribution in [0.4, 0.5) is 5.82 Å². The number of benzene rings is 1. The molecule has 0 saturated carbocycles. The number of hydrazine groups is 1. The zero-order chi connectivity index (χ0) is 13.7. The molecule has 2 rings (SSSR count). The summed E-state index contributed by atoms with van der Waals surface area (Å²) in [6.45, 7) is 0.815. The molecule has 0 radical (unpaired) electrons. The first-order chi connectivity index (χ1) is 9.20. The largest absolute Gasteiger partial charge is 0.370 e. The maximum Gasteiger partial charge on any atom is 0.140 e. The Hall–Kier alpha value is -1.14. The fourth-order valence-corrected chi connectivity index (χ4v) is 2.10. The molecule has 0 unspecified atom stereocenters. The van der Waals surface area contributed by atoms with Crippen LogP contribution in [0.3, 0.4) is 0 Å². The van der Waals surface area contributed by atoms with E-state index < -0.39 is 0 Å². The molecule has 2 aromatic rings. The molecule has 1 aromatic carbocycles. The molecule has 0 aliphatic rings. The van der Waals surface area contributed by atoms with Gasteiger partial charge in [0.15, 0.2) is 0 Å². The van der Waals surface area contributed by atoms with Crippen LogP contribution in [-0.2, 0) is 18.0 Å². The number of hydrogen-bond acceptors (Lipinski definition) is 4. The first kappa shape index (κ1) is 14.3. The van der Waals surface area contributed by atoms with E-state index >= 15 is 0 Å². The molecular weight excluding hydrogens is 330 g/mol. The van der Waals surface area contributed by atoms with Crippen molar-refractivity contribution in [2.75, 3.05) is 5.43 Å². The van der Waals surface area contributed by atoms with Gasteiger partial charge in [-0.15, -0.1) is 0 Å². The number of ether oxygens (including phenoxy) is 1. The third-order valence-electron chi connectivity index (χ3n) is 2.52. The normalized spacial score (nSPS) is 10.5. The summed E-state index contributed by atoms with van der Waals surface area (Å²) < 4.78 is 6.64. The minimum atomic E-state index is 0.329. The van der Waals surface area contributed by atoms with Crippen molar-refractivity contribution in [2.24, 2.45) is 5.84 Å². The van der Waals surface area contributed by atoms with Gasteiger partial charge in [0.1, 0.15) is 5.82 Å². The Morgan fingerprint density at radius 2 is 2.00 bits per heavy atom. The Bertz CT molecular complexity index is 565. The fraction of sp³-hybridized carbons (Fsp3) is 0.154. The lowest BCUT2D eigenvalue weighted by Gasteiger charge is -2.08. The summed E-state index contributed by atoms with van der Waals surface area (Å²) in [4.78, 5) is 4.24. The number of hydrogen-bond donors (Lipinski definition) is 2. The monoisotopic (exact) mass is 341 g/mol. The van der Waals surface area contributed by atoms with Crippen LogP contribution < -0.4 is 11.3 Å². The molecule has 0 fully saturated rings. The molecule has 100 valence electrons. The van der Waals surface area contributed by atoms with Gasteiger partial charge in [-0.1, -0.05) is 45.7 Å². The average molecular weight is 343 g/mol. The second-order valence-corrected chi connectivity index (χ2v) is 5.12. The third-order valence-corrected chi connectivity index (χ3v) is 3.64. The summed E-state index contributed by atoms with van der Waals surface area (Å²) in [5.74, 6) is 5.86. The number of nitrogens with one attached hydrogen (secondary N) is 1. The highest BCUT2D eigenvalue weighted by Gasteiger charge is 2.05. The number of aromatic nitrogens is 1. The highest BCUT2D eigenvalue weighted by Crippen LogP contribution is 2.20. The summed E-state index contributed by atoms with van der Waals surface area (Å²) in [5.41, 5.74) is 4.21. The minimum absolute atomic E-state index is 0.329. The van der Waals surface area contributed by atoms with Crippen LogP contribution in [-0.4, -0.2) is 4.98 Å². The molecule has 1 heterocycles. The van der Waals surface area contributed by atoms with E-state index in [0.29, 0.717) is 29.7 Å². The van der Waals surface area contributed by atoms with E-state index in [0.717, 1.165) is 10.0 Å². The predicted molar refractivity (Wildman–Crippen MR) is 79.7 cm³/mol. The molecule has 0 bridgehead atoms. The molecule has 19 heavy (non-hydrogen) atoms. The van der Waals surface area contributed by atoms with Crippen molar-refractivity contribution < 1.29 is 4.74 Å². The molecule has 0 aliphatic carbocycles. The standard InChI is InChI=1S/C13H13BrClN3O/c14-10-4-2-1-3-9(10)7-19-8-12-11(15)5-6-13(17-12)18-16/h1-6H,7-8,16H2,(H,17,18). The molecule has 3 N–H and O–H groups in total. The maximum atomic E-state index is 6.05. The Morgan fingerprint density at radius 1 is 1.21 bits per heavy atom. The summed E-state index contributed by atoms with van der Waals surface area (Å²) in [6.07, 6.45) is 0. The Labute approximate surface area is 125 Å². The van der Waals surface area contributed by atoms with Crippen LogP contribution in [0, 0.1) is 0 Å². The van der Waals surface area contributed by atoms with Gasteiger partial charge in [0.2, 0.25) is 0 Å². The molecule has 0 atom stereocenters. The van der Waals surface area contributed by atoms with E-state index in [9.17, 15) is 0 Å². The Balaban J connectivity index is 1.98. The molecule has 4 nitrogen and oxygen atoms in total. The summed E-state index contributed by atoms with van der Waals surface area (Å²) in [5, 5.41) is 0.561. The van der Waals surface area contributed by atoms with Gasteiger partial charge in [0.25, 0.3) is 0 Å². The number of nitrogens with two attached hydrogens (primary N) is 1. The minimum Gasteiger partial charge on any atom is -0.370 e. The van der Waals surface area contributed by atoms with Gasteiger partial charge in [-0.3, -0.25) is 0 Å². The third kappa shape index (κ3) is 3.91. The lowest BCUT2D eigenvalue weighted by Crippen LogP contribution is -2.10. The number of rotatable bonds is 5. The molecule has 1 aromatic heterocycles. The van der Waals surface area contributed by atoms with E-state index in [1.165, 1.54) is 0 Å². The summed E-state index contributed by atoms with van der Waals surface area (Å²) in [7, 11) is 0. The number of anilines is 1. The first-order valence-corrected chi connectivity index (χ1v) is 6.81. The topological polar surface area (TPSA) is 60.2 Å². The smallest absolute Gasteiger partial charge is 0.140 e. The van der Waals surface area contributed by atoms with Gasteiger partial charge < -0.3 is 10.2 Å². The van der Waals surface area contributed by atoms with Crippen molar-refractivity contribution in [3.8, 4) is 0 Å². The lowest BCUT2D eigenvalue weighted by atomic mass is 10.2. The van der Waals surface area contributed by atoms with E-state index in [1.54, 1.807) is 12.1 Å². The number of nitrogen functional groups attached to an aromatic ring is 1. The zero-order valence-electron chi connectivity index (χ0n) is 10.1. The Kier molecular flexibility index (Phi) is 5.15. The zero-order valence-corrected chi connectivity index (χ0v) is 12.4. The van der Waals surface area contributed by atoms with Crippen LogP contribution in [0.15, 0.2) is 40.9 Å². The van der Waals surface area contributed by atoms with Crippen molar-refractivity contribution in [3.63, 3.8) is 0 Å². The van der Waals surface area contributed by atoms with Crippen molar-refractivity contribution in [1.29, 1.82) is 0 Å². The average Bonchev–Trinajstić information content (AvgIpc) is 2.43. The van der Waals surface area contributed by atoms with Crippen molar-refractivity contribution >= 4 is 33.3 Å². The van der Waals surface area contributed by atoms with E-state index in [1.807, 2.05) is 24.3 Å². The number of halogens is 2. The SMILES string of the molecule is NNc1ccc(Cl)c(COCc2ccccc2Br)n1. The number of nitrogens with zero attached hydrogens (tertiary/aromatic N) is 1. The predicted octanol–water partition coefficient (Wildman–Crippen LogP) is 3.50. The van der Waals surface area contributed by atoms with Crippen molar-refractivity contribution in [1.82, 2.24) is 4.98 Å². The highest BCUT2D eigenvalue weighted by atomic mass is 79.9. The van der Waals surface area contributed by atoms with Gasteiger partial charge >= 0.3 is 0 Å².